The van der Waals surface area contributed by atoms with E-state index in [0.29, 0.717) is 6.42 Å². The molecular weight excluding hydrogens is 272 g/mol. The Morgan fingerprint density at radius 1 is 1.23 bits per heavy atom. The third kappa shape index (κ3) is 4.84. The molecule has 0 aromatic heterocycles. The third-order valence-corrected chi connectivity index (χ3v) is 4.79. The normalized spacial score (nSPS) is 16.0. The monoisotopic (exact) mass is 302 g/mol. The number of hydrogen-bond acceptors (Lipinski definition) is 2. The van der Waals surface area contributed by atoms with Gasteiger partial charge in [-0.15, -0.1) is 0 Å². The van der Waals surface area contributed by atoms with Gasteiger partial charge in [0.05, 0.1) is 0 Å². The van der Waals surface area contributed by atoms with Gasteiger partial charge in [0.2, 0.25) is 5.91 Å². The van der Waals surface area contributed by atoms with Gasteiger partial charge in [-0.05, 0) is 70.7 Å². The molecule has 0 saturated carbocycles. The number of nitrogens with one attached hydrogen (secondary N) is 1. The smallest absolute Gasteiger partial charge is 0.220 e. The fourth-order valence-electron chi connectivity index (χ4n) is 3.17. The van der Waals surface area contributed by atoms with Gasteiger partial charge in [-0.25, -0.2) is 0 Å². The Morgan fingerprint density at radius 2 is 1.91 bits per heavy atom. The van der Waals surface area contributed by atoms with Crippen LogP contribution in [0.2, 0.25) is 0 Å². The van der Waals surface area contributed by atoms with Crippen LogP contribution in [0.5, 0.6) is 0 Å². The van der Waals surface area contributed by atoms with Gasteiger partial charge in [-0.3, -0.25) is 9.69 Å². The molecule has 0 radical (unpaired) electrons. The summed E-state index contributed by atoms with van der Waals surface area (Å²) < 4.78 is 0. The number of nitrogens with zero attached hydrogens (tertiary/aromatic N) is 1. The zero-order chi connectivity index (χ0) is 16.0. The van der Waals surface area contributed by atoms with Crippen molar-refractivity contribution in [2.45, 2.75) is 58.4 Å². The van der Waals surface area contributed by atoms with Crippen LogP contribution in [0.1, 0.15) is 50.7 Å². The van der Waals surface area contributed by atoms with Crippen molar-refractivity contribution in [1.82, 2.24) is 10.2 Å². The van der Waals surface area contributed by atoms with Crippen LogP contribution in [0.3, 0.4) is 0 Å². The summed E-state index contributed by atoms with van der Waals surface area (Å²) in [6.45, 7) is 9.66. The predicted octanol–water partition coefficient (Wildman–Crippen LogP) is 3.31. The molecule has 1 heterocycles. The molecule has 1 aliphatic rings. The summed E-state index contributed by atoms with van der Waals surface area (Å²) in [5, 5.41) is 3.12. The van der Waals surface area contributed by atoms with Crippen molar-refractivity contribution in [3.63, 3.8) is 0 Å². The molecule has 3 heteroatoms. The first kappa shape index (κ1) is 17.0. The van der Waals surface area contributed by atoms with Crippen LogP contribution in [0, 0.1) is 6.92 Å². The van der Waals surface area contributed by atoms with E-state index >= 15 is 0 Å². The van der Waals surface area contributed by atoms with E-state index in [2.05, 4.69) is 55.3 Å². The number of aryl methyl sites for hydroxylation is 2. The average molecular weight is 302 g/mol. The molecule has 0 spiro atoms. The average Bonchev–Trinajstić information content (AvgIpc) is 3.02. The highest BCUT2D eigenvalue weighted by Crippen LogP contribution is 2.20. The van der Waals surface area contributed by atoms with E-state index in [-0.39, 0.29) is 11.4 Å². The number of carbonyl (C=O) groups is 1. The Bertz CT molecular complexity index is 490. The van der Waals surface area contributed by atoms with Crippen LogP contribution in [0.4, 0.5) is 0 Å². The Hall–Kier alpha value is -1.35. The van der Waals surface area contributed by atoms with Crippen LogP contribution >= 0.6 is 0 Å². The molecule has 0 aliphatic carbocycles. The third-order valence-electron chi connectivity index (χ3n) is 4.79. The molecule has 2 rings (SSSR count). The molecule has 0 atom stereocenters. The fourth-order valence-corrected chi connectivity index (χ4v) is 3.17. The number of amides is 1. The zero-order valence-corrected chi connectivity index (χ0v) is 14.3. The van der Waals surface area contributed by atoms with E-state index in [0.717, 1.165) is 32.5 Å². The summed E-state index contributed by atoms with van der Waals surface area (Å²) >= 11 is 0. The van der Waals surface area contributed by atoms with Crippen molar-refractivity contribution < 1.29 is 4.79 Å². The van der Waals surface area contributed by atoms with Crippen LogP contribution in [-0.2, 0) is 11.2 Å². The van der Waals surface area contributed by atoms with E-state index in [1.165, 1.54) is 24.0 Å². The highest BCUT2D eigenvalue weighted by molar-refractivity contribution is 5.75. The molecule has 1 N–H and O–H groups in total. The number of benzene rings is 1. The largest absolute Gasteiger partial charge is 0.354 e. The predicted molar refractivity (Wildman–Crippen MR) is 92.0 cm³/mol. The SMILES string of the molecule is Cc1ccccc1CCCC(=O)NCC(C)(C)N1CCCC1. The van der Waals surface area contributed by atoms with Crippen molar-refractivity contribution in [2.75, 3.05) is 19.6 Å². The highest BCUT2D eigenvalue weighted by atomic mass is 16.1. The van der Waals surface area contributed by atoms with Crippen molar-refractivity contribution in [1.29, 1.82) is 0 Å². The summed E-state index contributed by atoms with van der Waals surface area (Å²) in [6.07, 6.45) is 5.09. The maximum atomic E-state index is 12.1. The first-order valence-electron chi connectivity index (χ1n) is 8.55. The molecule has 0 bridgehead atoms. The lowest BCUT2D eigenvalue weighted by atomic mass is 10.0. The molecule has 1 aliphatic heterocycles. The summed E-state index contributed by atoms with van der Waals surface area (Å²) in [7, 11) is 0. The first-order chi connectivity index (χ1) is 10.5. The van der Waals surface area contributed by atoms with Gasteiger partial charge in [0.15, 0.2) is 0 Å². The minimum Gasteiger partial charge on any atom is -0.354 e. The topological polar surface area (TPSA) is 32.3 Å². The minimum atomic E-state index is 0.0716. The van der Waals surface area contributed by atoms with E-state index < -0.39 is 0 Å². The second kappa shape index (κ2) is 7.77. The molecule has 1 aromatic carbocycles. The van der Waals surface area contributed by atoms with Crippen molar-refractivity contribution in [3.05, 3.63) is 35.4 Å². The van der Waals surface area contributed by atoms with Crippen molar-refractivity contribution in [3.8, 4) is 0 Å². The second-order valence-corrected chi connectivity index (χ2v) is 7.06. The van der Waals surface area contributed by atoms with E-state index in [9.17, 15) is 4.79 Å². The standard InChI is InChI=1S/C19H30N2O/c1-16-9-4-5-10-17(16)11-8-12-18(22)20-15-19(2,3)21-13-6-7-14-21/h4-5,9-10H,6-8,11-15H2,1-3H3,(H,20,22). The summed E-state index contributed by atoms with van der Waals surface area (Å²) in [6, 6.07) is 8.42. The highest BCUT2D eigenvalue weighted by Gasteiger charge is 2.29. The van der Waals surface area contributed by atoms with Gasteiger partial charge < -0.3 is 5.32 Å². The van der Waals surface area contributed by atoms with Crippen LogP contribution in [0.15, 0.2) is 24.3 Å². The second-order valence-electron chi connectivity index (χ2n) is 7.06. The Labute approximate surface area is 135 Å². The molecular formula is C19H30N2O. The molecule has 122 valence electrons. The van der Waals surface area contributed by atoms with Gasteiger partial charge in [-0.2, -0.15) is 0 Å². The lowest BCUT2D eigenvalue weighted by Crippen LogP contribution is -2.50. The summed E-state index contributed by atoms with van der Waals surface area (Å²) in [5.74, 6) is 0.181. The van der Waals surface area contributed by atoms with Gasteiger partial charge >= 0.3 is 0 Å². The Balaban J connectivity index is 1.68. The molecule has 1 aromatic rings. The van der Waals surface area contributed by atoms with Crippen molar-refractivity contribution in [2.24, 2.45) is 0 Å². The van der Waals surface area contributed by atoms with Gasteiger partial charge in [0.25, 0.3) is 0 Å². The molecule has 1 saturated heterocycles. The molecule has 22 heavy (non-hydrogen) atoms. The fraction of sp³-hybridized carbons (Fsp3) is 0.632. The van der Waals surface area contributed by atoms with Crippen LogP contribution in [-0.4, -0.2) is 36.0 Å². The zero-order valence-electron chi connectivity index (χ0n) is 14.3. The summed E-state index contributed by atoms with van der Waals surface area (Å²) in [5.41, 5.74) is 2.74. The van der Waals surface area contributed by atoms with Crippen LogP contribution < -0.4 is 5.32 Å². The van der Waals surface area contributed by atoms with E-state index in [4.69, 9.17) is 0 Å². The molecule has 1 amide bonds. The number of carbonyl (C=O) groups excluding carboxylic acids is 1. The quantitative estimate of drug-likeness (QED) is 0.838. The lowest BCUT2D eigenvalue weighted by molar-refractivity contribution is -0.121. The summed E-state index contributed by atoms with van der Waals surface area (Å²) in [4.78, 5) is 14.5. The Morgan fingerprint density at radius 3 is 2.59 bits per heavy atom. The molecule has 1 fully saturated rings. The first-order valence-corrected chi connectivity index (χ1v) is 8.55. The lowest BCUT2D eigenvalue weighted by Gasteiger charge is -2.35. The maximum absolute atomic E-state index is 12.1. The number of rotatable bonds is 7. The number of likely N-dealkylation sites (tertiary alicyclic amines) is 1. The van der Waals surface area contributed by atoms with Gasteiger partial charge in [-0.1, -0.05) is 24.3 Å². The van der Waals surface area contributed by atoms with Crippen LogP contribution in [0.25, 0.3) is 0 Å². The minimum absolute atomic E-state index is 0.0716. The van der Waals surface area contributed by atoms with Gasteiger partial charge in [0.1, 0.15) is 0 Å². The number of hydrogen-bond donors (Lipinski definition) is 1. The molecule has 3 nitrogen and oxygen atoms in total. The van der Waals surface area contributed by atoms with Gasteiger partial charge in [0, 0.05) is 18.5 Å². The Kier molecular flexibility index (Phi) is 6.01. The maximum Gasteiger partial charge on any atom is 0.220 e. The van der Waals surface area contributed by atoms with E-state index in [1.807, 2.05) is 0 Å². The van der Waals surface area contributed by atoms with Crippen molar-refractivity contribution >= 4 is 5.91 Å². The van der Waals surface area contributed by atoms with E-state index in [1.54, 1.807) is 0 Å². The molecule has 0 unspecified atom stereocenters.